The first-order valence-corrected chi connectivity index (χ1v) is 4.90. The number of aromatic nitrogens is 1. The fraction of sp³-hybridized carbons (Fsp3) is 0.0769. The molecule has 0 bridgehead atoms. The predicted molar refractivity (Wildman–Crippen MR) is 60.9 cm³/mol. The van der Waals surface area contributed by atoms with E-state index < -0.39 is 0 Å². The highest BCUT2D eigenvalue weighted by molar-refractivity contribution is 5.93. The molecule has 1 aromatic carbocycles. The highest BCUT2D eigenvalue weighted by Crippen LogP contribution is 2.20. The zero-order chi connectivity index (χ0) is 11.5. The summed E-state index contributed by atoms with van der Waals surface area (Å²) < 4.78 is 0. The van der Waals surface area contributed by atoms with Crippen molar-refractivity contribution in [1.82, 2.24) is 4.98 Å². The van der Waals surface area contributed by atoms with Crippen LogP contribution in [0, 0.1) is 11.3 Å². The van der Waals surface area contributed by atoms with E-state index in [9.17, 15) is 4.79 Å². The van der Waals surface area contributed by atoms with E-state index in [4.69, 9.17) is 5.26 Å². The van der Waals surface area contributed by atoms with Gasteiger partial charge in [0.15, 0.2) is 5.78 Å². The van der Waals surface area contributed by atoms with Crippen LogP contribution in [0.2, 0.25) is 0 Å². The lowest BCUT2D eigenvalue weighted by molar-refractivity contribution is 0.101. The lowest BCUT2D eigenvalue weighted by Gasteiger charge is -1.96. The van der Waals surface area contributed by atoms with Crippen LogP contribution >= 0.6 is 0 Å². The van der Waals surface area contributed by atoms with E-state index in [-0.39, 0.29) is 5.78 Å². The van der Waals surface area contributed by atoms with Crippen LogP contribution in [0.4, 0.5) is 0 Å². The minimum Gasteiger partial charge on any atom is -0.358 e. The normalized spacial score (nSPS) is 9.75. The van der Waals surface area contributed by atoms with Crippen LogP contribution in [0.15, 0.2) is 36.5 Å². The number of carbonyl (C=O) groups excluding carboxylic acids is 1. The molecule has 0 spiro atoms. The molecule has 2 aromatic rings. The van der Waals surface area contributed by atoms with Crippen LogP contribution in [-0.2, 0) is 0 Å². The summed E-state index contributed by atoms with van der Waals surface area (Å²) in [4.78, 5) is 14.0. The number of nitriles is 1. The van der Waals surface area contributed by atoms with Crippen molar-refractivity contribution in [2.24, 2.45) is 0 Å². The maximum Gasteiger partial charge on any atom is 0.175 e. The Balaban J connectivity index is 2.36. The number of ketones is 1. The van der Waals surface area contributed by atoms with Crippen LogP contribution < -0.4 is 0 Å². The van der Waals surface area contributed by atoms with Crippen LogP contribution in [0.25, 0.3) is 11.1 Å². The second-order valence-electron chi connectivity index (χ2n) is 3.55. The Kier molecular flexibility index (Phi) is 2.57. The predicted octanol–water partition coefficient (Wildman–Crippen LogP) is 2.76. The number of carbonyl (C=O) groups is 1. The average Bonchev–Trinajstić information content (AvgIpc) is 2.78. The van der Waals surface area contributed by atoms with Gasteiger partial charge in [0.25, 0.3) is 0 Å². The molecule has 0 aliphatic heterocycles. The van der Waals surface area contributed by atoms with Gasteiger partial charge in [-0.3, -0.25) is 4.79 Å². The topological polar surface area (TPSA) is 56.6 Å². The molecule has 0 saturated heterocycles. The lowest BCUT2D eigenvalue weighted by Crippen LogP contribution is -1.89. The number of hydrogen-bond acceptors (Lipinski definition) is 2. The first-order chi connectivity index (χ1) is 7.70. The van der Waals surface area contributed by atoms with Gasteiger partial charge in [0.1, 0.15) is 0 Å². The molecule has 1 aromatic heterocycles. The number of aromatic amines is 1. The van der Waals surface area contributed by atoms with Crippen molar-refractivity contribution in [2.45, 2.75) is 6.92 Å². The molecule has 0 aliphatic rings. The number of nitrogens with zero attached hydrogens (tertiary/aromatic N) is 1. The molecule has 0 fully saturated rings. The number of benzene rings is 1. The fourth-order valence-electron chi connectivity index (χ4n) is 1.50. The zero-order valence-electron chi connectivity index (χ0n) is 8.82. The van der Waals surface area contributed by atoms with Crippen molar-refractivity contribution < 1.29 is 4.79 Å². The highest BCUT2D eigenvalue weighted by Gasteiger charge is 2.04. The van der Waals surface area contributed by atoms with E-state index in [0.29, 0.717) is 11.3 Å². The third-order valence-corrected chi connectivity index (χ3v) is 2.41. The first kappa shape index (κ1) is 10.2. The summed E-state index contributed by atoms with van der Waals surface area (Å²) in [6.45, 7) is 1.52. The second-order valence-corrected chi connectivity index (χ2v) is 3.55. The van der Waals surface area contributed by atoms with Crippen molar-refractivity contribution in [1.29, 1.82) is 5.26 Å². The monoisotopic (exact) mass is 210 g/mol. The molecule has 16 heavy (non-hydrogen) atoms. The molecule has 2 rings (SSSR count). The molecular formula is C13H10N2O. The summed E-state index contributed by atoms with van der Waals surface area (Å²) in [5.74, 6) is 0.0138. The molecule has 0 aliphatic carbocycles. The van der Waals surface area contributed by atoms with Gasteiger partial charge in [-0.05, 0) is 29.3 Å². The summed E-state index contributed by atoms with van der Waals surface area (Å²) >= 11 is 0. The molecule has 0 saturated carbocycles. The number of H-pyrrole nitrogens is 1. The largest absolute Gasteiger partial charge is 0.358 e. The molecule has 0 radical (unpaired) electrons. The number of rotatable bonds is 2. The van der Waals surface area contributed by atoms with Gasteiger partial charge in [0.2, 0.25) is 0 Å². The molecule has 0 atom stereocenters. The van der Waals surface area contributed by atoms with Crippen LogP contribution in [-0.4, -0.2) is 10.8 Å². The summed E-state index contributed by atoms with van der Waals surface area (Å²) in [5.41, 5.74) is 3.17. The van der Waals surface area contributed by atoms with Gasteiger partial charge in [-0.2, -0.15) is 5.26 Å². The van der Waals surface area contributed by atoms with Crippen LogP contribution in [0.5, 0.6) is 0 Å². The maximum atomic E-state index is 11.1. The quantitative estimate of drug-likeness (QED) is 0.775. The SMILES string of the molecule is CC(=O)c1cc(-c2ccc(C#N)cc2)c[nH]1. The Hall–Kier alpha value is -2.34. The van der Waals surface area contributed by atoms with Crippen molar-refractivity contribution in [2.75, 3.05) is 0 Å². The van der Waals surface area contributed by atoms with Gasteiger partial charge in [-0.1, -0.05) is 12.1 Å². The Morgan fingerprint density at radius 3 is 2.44 bits per heavy atom. The van der Waals surface area contributed by atoms with Gasteiger partial charge in [-0.25, -0.2) is 0 Å². The minimum absolute atomic E-state index is 0.0138. The van der Waals surface area contributed by atoms with Gasteiger partial charge in [0.05, 0.1) is 17.3 Å². The van der Waals surface area contributed by atoms with Crippen molar-refractivity contribution in [3.05, 3.63) is 47.8 Å². The fourth-order valence-corrected chi connectivity index (χ4v) is 1.50. The molecule has 0 amide bonds. The van der Waals surface area contributed by atoms with E-state index >= 15 is 0 Å². The maximum absolute atomic E-state index is 11.1. The molecule has 1 N–H and O–H groups in total. The summed E-state index contributed by atoms with van der Waals surface area (Å²) in [5, 5.41) is 8.68. The lowest BCUT2D eigenvalue weighted by atomic mass is 10.1. The Morgan fingerprint density at radius 2 is 1.94 bits per heavy atom. The molecule has 3 heteroatoms. The van der Waals surface area contributed by atoms with Crippen LogP contribution in [0.1, 0.15) is 23.0 Å². The average molecular weight is 210 g/mol. The molecule has 78 valence electrons. The molecule has 0 unspecified atom stereocenters. The van der Waals surface area contributed by atoms with Crippen molar-refractivity contribution in [3.63, 3.8) is 0 Å². The summed E-state index contributed by atoms with van der Waals surface area (Å²) in [6.07, 6.45) is 1.79. The van der Waals surface area contributed by atoms with E-state index in [1.807, 2.05) is 18.2 Å². The Labute approximate surface area is 93.3 Å². The van der Waals surface area contributed by atoms with E-state index in [2.05, 4.69) is 11.1 Å². The Bertz CT molecular complexity index is 558. The third-order valence-electron chi connectivity index (χ3n) is 2.41. The van der Waals surface area contributed by atoms with E-state index in [1.54, 1.807) is 18.3 Å². The third kappa shape index (κ3) is 1.86. The van der Waals surface area contributed by atoms with Crippen molar-refractivity contribution in [3.8, 4) is 17.2 Å². The molecule has 1 heterocycles. The standard InChI is InChI=1S/C13H10N2O/c1-9(16)13-6-12(8-15-13)11-4-2-10(7-14)3-5-11/h2-6,8,15H,1H3. The number of Topliss-reactive ketones (excluding diaryl/α,β-unsaturated/α-hetero) is 1. The number of hydrogen-bond donors (Lipinski definition) is 1. The van der Waals surface area contributed by atoms with E-state index in [1.165, 1.54) is 6.92 Å². The van der Waals surface area contributed by atoms with Crippen molar-refractivity contribution >= 4 is 5.78 Å². The first-order valence-electron chi connectivity index (χ1n) is 4.90. The smallest absolute Gasteiger partial charge is 0.175 e. The molecular weight excluding hydrogens is 200 g/mol. The Morgan fingerprint density at radius 1 is 1.25 bits per heavy atom. The summed E-state index contributed by atoms with van der Waals surface area (Å²) in [7, 11) is 0. The number of nitrogens with one attached hydrogen (secondary N) is 1. The molecule has 3 nitrogen and oxygen atoms in total. The van der Waals surface area contributed by atoms with Gasteiger partial charge < -0.3 is 4.98 Å². The summed E-state index contributed by atoms with van der Waals surface area (Å²) in [6, 6.07) is 11.1. The van der Waals surface area contributed by atoms with Crippen LogP contribution in [0.3, 0.4) is 0 Å². The van der Waals surface area contributed by atoms with Gasteiger partial charge in [0, 0.05) is 13.1 Å². The second kappa shape index (κ2) is 4.03. The van der Waals surface area contributed by atoms with E-state index in [0.717, 1.165) is 11.1 Å². The highest BCUT2D eigenvalue weighted by atomic mass is 16.1. The minimum atomic E-state index is 0.0138. The van der Waals surface area contributed by atoms with Gasteiger partial charge >= 0.3 is 0 Å². The zero-order valence-corrected chi connectivity index (χ0v) is 8.82. The van der Waals surface area contributed by atoms with Gasteiger partial charge in [-0.15, -0.1) is 0 Å².